The highest BCUT2D eigenvalue weighted by atomic mass is 32.2. The maximum Gasteiger partial charge on any atom is 0.416 e. The fourth-order valence-corrected chi connectivity index (χ4v) is 4.14. The van der Waals surface area contributed by atoms with Crippen molar-refractivity contribution in [1.29, 1.82) is 5.26 Å². The maximum atomic E-state index is 12.9. The SMILES string of the molecule is N#CC(=Cc1ccc(-c2ccc(S(=O)(=O)Nc3ncccn3)cc2)o1)C(=O)Nc1cccc(C(F)(F)F)c1. The monoisotopic (exact) mass is 539 g/mol. The standard InChI is InChI=1S/C25H16F3N5O4S/c26-25(27,28)18-3-1-4-19(14-18)32-23(34)17(15-29)13-20-7-10-22(37-20)16-5-8-21(9-6-16)38(35,36)33-24-30-11-2-12-31-24/h1-14H,(H,32,34)(H,30,31,33). The maximum absolute atomic E-state index is 12.9. The summed E-state index contributed by atoms with van der Waals surface area (Å²) in [5.41, 5.74) is -0.976. The van der Waals surface area contributed by atoms with Gasteiger partial charge in [-0.2, -0.15) is 18.4 Å². The molecule has 2 aromatic carbocycles. The average Bonchev–Trinajstić information content (AvgIpc) is 3.36. The number of carbonyl (C=O) groups is 1. The minimum atomic E-state index is -4.59. The Bertz CT molecular complexity index is 1640. The highest BCUT2D eigenvalue weighted by molar-refractivity contribution is 7.92. The zero-order chi connectivity index (χ0) is 27.3. The summed E-state index contributed by atoms with van der Waals surface area (Å²) in [4.78, 5) is 20.0. The number of benzene rings is 2. The molecule has 0 aliphatic carbocycles. The molecule has 4 rings (SSSR count). The number of nitrogens with zero attached hydrogens (tertiary/aromatic N) is 3. The second-order valence-electron chi connectivity index (χ2n) is 7.61. The number of rotatable bonds is 7. The van der Waals surface area contributed by atoms with Gasteiger partial charge in [-0.15, -0.1) is 0 Å². The minimum Gasteiger partial charge on any atom is -0.457 e. The van der Waals surface area contributed by atoms with Gasteiger partial charge < -0.3 is 9.73 Å². The summed E-state index contributed by atoms with van der Waals surface area (Å²) in [5, 5.41) is 11.6. The molecule has 13 heteroatoms. The highest BCUT2D eigenvalue weighted by Crippen LogP contribution is 2.31. The Morgan fingerprint density at radius 3 is 2.37 bits per heavy atom. The van der Waals surface area contributed by atoms with Crippen molar-refractivity contribution in [3.05, 3.63) is 96.0 Å². The van der Waals surface area contributed by atoms with Crippen molar-refractivity contribution in [3.63, 3.8) is 0 Å². The molecule has 4 aromatic rings. The van der Waals surface area contributed by atoms with Crippen molar-refractivity contribution in [3.8, 4) is 17.4 Å². The third-order valence-electron chi connectivity index (χ3n) is 4.97. The Kier molecular flexibility index (Phi) is 7.26. The van der Waals surface area contributed by atoms with E-state index >= 15 is 0 Å². The second-order valence-corrected chi connectivity index (χ2v) is 9.29. The van der Waals surface area contributed by atoms with E-state index in [1.54, 1.807) is 18.2 Å². The van der Waals surface area contributed by atoms with E-state index in [2.05, 4.69) is 20.0 Å². The van der Waals surface area contributed by atoms with E-state index < -0.39 is 33.2 Å². The Hall–Kier alpha value is -4.96. The van der Waals surface area contributed by atoms with Crippen LogP contribution in [0.5, 0.6) is 0 Å². The van der Waals surface area contributed by atoms with Crippen LogP contribution in [0.4, 0.5) is 24.8 Å². The van der Waals surface area contributed by atoms with Crippen LogP contribution in [-0.2, 0) is 21.0 Å². The Labute approximate surface area is 214 Å². The summed E-state index contributed by atoms with van der Waals surface area (Å²) in [6.07, 6.45) is -0.670. The van der Waals surface area contributed by atoms with Gasteiger partial charge in [-0.05, 0) is 60.7 Å². The van der Waals surface area contributed by atoms with Gasteiger partial charge in [-0.3, -0.25) is 4.79 Å². The summed E-state index contributed by atoms with van der Waals surface area (Å²) >= 11 is 0. The summed E-state index contributed by atoms with van der Waals surface area (Å²) in [6.45, 7) is 0. The third kappa shape index (κ3) is 6.23. The topological polar surface area (TPSA) is 138 Å². The number of anilines is 2. The lowest BCUT2D eigenvalue weighted by Gasteiger charge is -2.09. The molecule has 2 N–H and O–H groups in total. The molecule has 0 saturated carbocycles. The number of furan rings is 1. The number of aromatic nitrogens is 2. The number of carbonyl (C=O) groups excluding carboxylic acids is 1. The van der Waals surface area contributed by atoms with Crippen LogP contribution >= 0.6 is 0 Å². The van der Waals surface area contributed by atoms with Crippen LogP contribution < -0.4 is 10.0 Å². The quantitative estimate of drug-likeness (QED) is 0.246. The van der Waals surface area contributed by atoms with Gasteiger partial charge in [0, 0.05) is 29.7 Å². The molecule has 0 radical (unpaired) electrons. The molecule has 2 heterocycles. The predicted octanol–water partition coefficient (Wildman–Crippen LogP) is 5.10. The zero-order valence-electron chi connectivity index (χ0n) is 19.1. The first-order valence-electron chi connectivity index (χ1n) is 10.7. The van der Waals surface area contributed by atoms with Crippen LogP contribution in [0.15, 0.2) is 94.0 Å². The fourth-order valence-electron chi connectivity index (χ4n) is 3.18. The Balaban J connectivity index is 1.48. The number of hydrogen-bond donors (Lipinski definition) is 2. The zero-order valence-corrected chi connectivity index (χ0v) is 19.9. The van der Waals surface area contributed by atoms with Gasteiger partial charge in [-0.25, -0.2) is 23.1 Å². The molecule has 0 aliphatic rings. The Morgan fingerprint density at radius 1 is 1.00 bits per heavy atom. The molecule has 2 aromatic heterocycles. The number of alkyl halides is 3. The van der Waals surface area contributed by atoms with E-state index in [1.807, 2.05) is 0 Å². The van der Waals surface area contributed by atoms with Crippen molar-refractivity contribution in [2.45, 2.75) is 11.1 Å². The van der Waals surface area contributed by atoms with E-state index in [4.69, 9.17) is 4.42 Å². The lowest BCUT2D eigenvalue weighted by molar-refractivity contribution is -0.137. The van der Waals surface area contributed by atoms with Gasteiger partial charge in [0.1, 0.15) is 23.2 Å². The number of halogens is 3. The molecule has 38 heavy (non-hydrogen) atoms. The van der Waals surface area contributed by atoms with E-state index in [9.17, 15) is 31.6 Å². The van der Waals surface area contributed by atoms with Crippen LogP contribution in [0.1, 0.15) is 11.3 Å². The third-order valence-corrected chi connectivity index (χ3v) is 6.31. The molecule has 0 bridgehead atoms. The van der Waals surface area contributed by atoms with E-state index in [0.29, 0.717) is 11.3 Å². The van der Waals surface area contributed by atoms with Crippen LogP contribution in [0.25, 0.3) is 17.4 Å². The molecule has 0 fully saturated rings. The minimum absolute atomic E-state index is 0.0431. The lowest BCUT2D eigenvalue weighted by atomic mass is 10.1. The second kappa shape index (κ2) is 10.6. The summed E-state index contributed by atoms with van der Waals surface area (Å²) < 4.78 is 71.7. The van der Waals surface area contributed by atoms with Crippen molar-refractivity contribution in [1.82, 2.24) is 9.97 Å². The smallest absolute Gasteiger partial charge is 0.416 e. The molecular formula is C25H16F3N5O4S. The molecule has 1 amide bonds. The normalized spacial score (nSPS) is 12.0. The van der Waals surface area contributed by atoms with Crippen LogP contribution in [-0.4, -0.2) is 24.3 Å². The fraction of sp³-hybridized carbons (Fsp3) is 0.0400. The largest absolute Gasteiger partial charge is 0.457 e. The van der Waals surface area contributed by atoms with E-state index in [-0.39, 0.29) is 22.3 Å². The lowest BCUT2D eigenvalue weighted by Crippen LogP contribution is -2.14. The average molecular weight is 539 g/mol. The molecule has 0 saturated heterocycles. The molecule has 0 atom stereocenters. The predicted molar refractivity (Wildman–Crippen MR) is 131 cm³/mol. The molecule has 0 spiro atoms. The van der Waals surface area contributed by atoms with Crippen LogP contribution in [0.2, 0.25) is 0 Å². The van der Waals surface area contributed by atoms with Gasteiger partial charge >= 0.3 is 6.18 Å². The van der Waals surface area contributed by atoms with Crippen molar-refractivity contribution in [2.75, 3.05) is 10.0 Å². The summed E-state index contributed by atoms with van der Waals surface area (Å²) in [7, 11) is -3.93. The van der Waals surface area contributed by atoms with Crippen molar-refractivity contribution in [2.24, 2.45) is 0 Å². The van der Waals surface area contributed by atoms with E-state index in [0.717, 1.165) is 24.3 Å². The number of nitriles is 1. The van der Waals surface area contributed by atoms with Crippen LogP contribution in [0, 0.1) is 11.3 Å². The van der Waals surface area contributed by atoms with Crippen molar-refractivity contribution < 1.29 is 30.8 Å². The van der Waals surface area contributed by atoms with E-state index in [1.165, 1.54) is 48.8 Å². The number of sulfonamides is 1. The molecule has 192 valence electrons. The number of amides is 1. The summed E-state index contributed by atoms with van der Waals surface area (Å²) in [5.74, 6) is -0.566. The highest BCUT2D eigenvalue weighted by Gasteiger charge is 2.30. The first-order valence-corrected chi connectivity index (χ1v) is 12.1. The Morgan fingerprint density at radius 2 is 1.71 bits per heavy atom. The number of nitrogens with one attached hydrogen (secondary N) is 2. The van der Waals surface area contributed by atoms with Gasteiger partial charge in [0.05, 0.1) is 10.5 Å². The summed E-state index contributed by atoms with van der Waals surface area (Å²) in [6, 6.07) is 16.0. The van der Waals surface area contributed by atoms with Crippen LogP contribution in [0.3, 0.4) is 0 Å². The first-order chi connectivity index (χ1) is 18.0. The van der Waals surface area contributed by atoms with Gasteiger partial charge in [0.2, 0.25) is 5.95 Å². The van der Waals surface area contributed by atoms with Gasteiger partial charge in [-0.1, -0.05) is 6.07 Å². The van der Waals surface area contributed by atoms with Gasteiger partial charge in [0.25, 0.3) is 15.9 Å². The van der Waals surface area contributed by atoms with Crippen molar-refractivity contribution >= 4 is 33.6 Å². The molecule has 9 nitrogen and oxygen atoms in total. The van der Waals surface area contributed by atoms with Gasteiger partial charge in [0.15, 0.2) is 0 Å². The first kappa shape index (κ1) is 26.1. The number of hydrogen-bond acceptors (Lipinski definition) is 7. The molecule has 0 unspecified atom stereocenters. The molecular weight excluding hydrogens is 523 g/mol. The molecule has 0 aliphatic heterocycles.